The summed E-state index contributed by atoms with van der Waals surface area (Å²) in [6.45, 7) is 1.51. The van der Waals surface area contributed by atoms with Gasteiger partial charge in [-0.25, -0.2) is 4.39 Å². The second-order valence-corrected chi connectivity index (χ2v) is 5.60. The molecule has 0 bridgehead atoms. The quantitative estimate of drug-likeness (QED) is 0.774. The lowest BCUT2D eigenvalue weighted by atomic mass is 10.1. The fourth-order valence-corrected chi connectivity index (χ4v) is 2.60. The summed E-state index contributed by atoms with van der Waals surface area (Å²) in [6, 6.07) is 5.29. The van der Waals surface area contributed by atoms with E-state index in [0.29, 0.717) is 29.9 Å². The molecule has 0 radical (unpaired) electrons. The number of ether oxygens (including phenoxy) is 1. The first-order valence-electron chi connectivity index (χ1n) is 7.36. The van der Waals surface area contributed by atoms with Gasteiger partial charge in [0.15, 0.2) is 0 Å². The Morgan fingerprint density at radius 3 is 3.13 bits per heavy atom. The zero-order valence-electron chi connectivity index (χ0n) is 12.3. The van der Waals surface area contributed by atoms with Gasteiger partial charge in [0.05, 0.1) is 36.5 Å². The smallest absolute Gasteiger partial charge is 0.254 e. The third-order valence-electron chi connectivity index (χ3n) is 3.98. The molecule has 3 aromatic rings. The van der Waals surface area contributed by atoms with E-state index >= 15 is 0 Å². The third-order valence-corrected chi connectivity index (χ3v) is 3.98. The fraction of sp³-hybridized carbons (Fsp3) is 0.250. The number of carbonyl (C=O) groups is 1. The summed E-state index contributed by atoms with van der Waals surface area (Å²) in [5, 5.41) is 7.75. The van der Waals surface area contributed by atoms with Crippen LogP contribution in [0.2, 0.25) is 0 Å². The average molecular weight is 314 g/mol. The summed E-state index contributed by atoms with van der Waals surface area (Å²) in [5.74, 6) is -0.555. The molecule has 1 aliphatic heterocycles. The Morgan fingerprint density at radius 2 is 2.35 bits per heavy atom. The van der Waals surface area contributed by atoms with E-state index in [-0.39, 0.29) is 24.3 Å². The van der Waals surface area contributed by atoms with Crippen LogP contribution in [0.3, 0.4) is 0 Å². The summed E-state index contributed by atoms with van der Waals surface area (Å²) in [4.78, 5) is 15.0. The summed E-state index contributed by atoms with van der Waals surface area (Å²) in [7, 11) is 0. The Hall–Kier alpha value is -2.67. The van der Waals surface area contributed by atoms with Crippen LogP contribution in [0.5, 0.6) is 0 Å². The summed E-state index contributed by atoms with van der Waals surface area (Å²) in [6.07, 6.45) is 4.93. The molecule has 2 N–H and O–H groups in total. The minimum atomic E-state index is -0.324. The van der Waals surface area contributed by atoms with Crippen LogP contribution in [0.25, 0.3) is 10.9 Å². The number of hydrogen-bond acceptors (Lipinski definition) is 3. The van der Waals surface area contributed by atoms with E-state index < -0.39 is 0 Å². The number of H-pyrrole nitrogens is 1. The number of halogens is 1. The van der Waals surface area contributed by atoms with E-state index in [1.54, 1.807) is 23.1 Å². The highest BCUT2D eigenvalue weighted by atomic mass is 19.1. The van der Waals surface area contributed by atoms with Crippen LogP contribution in [-0.2, 0) is 11.3 Å². The largest absolute Gasteiger partial charge is 0.377 e. The Balaban J connectivity index is 1.44. The zero-order valence-corrected chi connectivity index (χ0v) is 12.3. The van der Waals surface area contributed by atoms with E-state index in [1.165, 1.54) is 12.3 Å². The topological polar surface area (TPSA) is 71.9 Å². The van der Waals surface area contributed by atoms with Gasteiger partial charge in [0.1, 0.15) is 5.82 Å². The summed E-state index contributed by atoms with van der Waals surface area (Å²) < 4.78 is 20.7. The number of hydrogen-bond donors (Lipinski definition) is 2. The number of aromatic amines is 1. The Bertz CT molecular complexity index is 866. The minimum Gasteiger partial charge on any atom is -0.377 e. The number of nitrogens with zero attached hydrogens (tertiary/aromatic N) is 2. The standard InChI is InChI=1S/C16H15FN4O2/c17-14-4-10(3-11-1-2-18-15(11)14)5-19-16(22)12-6-20-21(7-12)13-8-23-9-13/h1-4,6-7,13,18H,5,8-9H2,(H,19,22). The maximum atomic E-state index is 13.9. The van der Waals surface area contributed by atoms with Crippen LogP contribution in [0.4, 0.5) is 4.39 Å². The van der Waals surface area contributed by atoms with Crippen molar-refractivity contribution >= 4 is 16.8 Å². The summed E-state index contributed by atoms with van der Waals surface area (Å²) >= 11 is 0. The van der Waals surface area contributed by atoms with Gasteiger partial charge < -0.3 is 15.0 Å². The highest BCUT2D eigenvalue weighted by molar-refractivity contribution is 5.93. The van der Waals surface area contributed by atoms with Crippen molar-refractivity contribution in [1.82, 2.24) is 20.1 Å². The lowest BCUT2D eigenvalue weighted by Gasteiger charge is -2.25. The number of fused-ring (bicyclic) bond motifs is 1. The van der Waals surface area contributed by atoms with Gasteiger partial charge in [-0.1, -0.05) is 0 Å². The molecule has 23 heavy (non-hydrogen) atoms. The van der Waals surface area contributed by atoms with Gasteiger partial charge in [0.2, 0.25) is 0 Å². The molecule has 1 fully saturated rings. The van der Waals surface area contributed by atoms with Gasteiger partial charge in [0.25, 0.3) is 5.91 Å². The van der Waals surface area contributed by atoms with E-state index in [4.69, 9.17) is 4.74 Å². The molecule has 1 aromatic carbocycles. The van der Waals surface area contributed by atoms with Crippen molar-refractivity contribution in [3.05, 3.63) is 53.7 Å². The maximum Gasteiger partial charge on any atom is 0.254 e. The molecule has 118 valence electrons. The van der Waals surface area contributed by atoms with Gasteiger partial charge in [-0.2, -0.15) is 5.10 Å². The second kappa shape index (κ2) is 5.51. The highest BCUT2D eigenvalue weighted by Crippen LogP contribution is 2.19. The maximum absolute atomic E-state index is 13.9. The van der Waals surface area contributed by atoms with Crippen LogP contribution >= 0.6 is 0 Å². The van der Waals surface area contributed by atoms with Crippen LogP contribution < -0.4 is 5.32 Å². The minimum absolute atomic E-state index is 0.210. The van der Waals surface area contributed by atoms with Crippen molar-refractivity contribution in [2.75, 3.05) is 13.2 Å². The predicted octanol–water partition coefficient (Wildman–Crippen LogP) is 2.00. The monoisotopic (exact) mass is 314 g/mol. The molecule has 4 rings (SSSR count). The number of nitrogens with one attached hydrogen (secondary N) is 2. The van der Waals surface area contributed by atoms with Gasteiger partial charge in [-0.3, -0.25) is 9.48 Å². The van der Waals surface area contributed by atoms with E-state index in [1.807, 2.05) is 6.07 Å². The van der Waals surface area contributed by atoms with Gasteiger partial charge in [-0.05, 0) is 23.8 Å². The first kappa shape index (κ1) is 14.0. The first-order valence-corrected chi connectivity index (χ1v) is 7.36. The lowest BCUT2D eigenvalue weighted by molar-refractivity contribution is -0.0286. The number of rotatable bonds is 4. The summed E-state index contributed by atoms with van der Waals surface area (Å²) in [5.41, 5.74) is 1.67. The molecular weight excluding hydrogens is 299 g/mol. The van der Waals surface area contributed by atoms with Crippen LogP contribution in [0.15, 0.2) is 36.8 Å². The molecule has 0 aliphatic carbocycles. The molecular formula is C16H15FN4O2. The molecule has 6 nitrogen and oxygen atoms in total. The molecule has 0 atom stereocenters. The Kier molecular flexibility index (Phi) is 3.34. The van der Waals surface area contributed by atoms with E-state index in [9.17, 15) is 9.18 Å². The number of benzene rings is 1. The van der Waals surface area contributed by atoms with Crippen molar-refractivity contribution in [2.24, 2.45) is 0 Å². The van der Waals surface area contributed by atoms with E-state index in [2.05, 4.69) is 15.4 Å². The number of carbonyl (C=O) groups excluding carboxylic acids is 1. The number of amides is 1. The highest BCUT2D eigenvalue weighted by Gasteiger charge is 2.22. The second-order valence-electron chi connectivity index (χ2n) is 5.60. The van der Waals surface area contributed by atoms with Crippen molar-refractivity contribution in [2.45, 2.75) is 12.6 Å². The molecule has 1 aliphatic rings. The Morgan fingerprint density at radius 1 is 1.48 bits per heavy atom. The third kappa shape index (κ3) is 2.59. The van der Waals surface area contributed by atoms with E-state index in [0.717, 1.165) is 5.39 Å². The SMILES string of the molecule is O=C(NCc1cc(F)c2[nH]ccc2c1)c1cnn(C2COC2)c1. The van der Waals surface area contributed by atoms with Crippen molar-refractivity contribution in [3.63, 3.8) is 0 Å². The zero-order chi connectivity index (χ0) is 15.8. The van der Waals surface area contributed by atoms with Gasteiger partial charge in [-0.15, -0.1) is 0 Å². The van der Waals surface area contributed by atoms with Crippen molar-refractivity contribution in [3.8, 4) is 0 Å². The van der Waals surface area contributed by atoms with Crippen molar-refractivity contribution in [1.29, 1.82) is 0 Å². The average Bonchev–Trinajstić information content (AvgIpc) is 3.12. The molecule has 2 aromatic heterocycles. The molecule has 0 saturated carbocycles. The normalized spacial score (nSPS) is 14.8. The Labute approximate surface area is 131 Å². The molecule has 3 heterocycles. The molecule has 1 amide bonds. The van der Waals surface area contributed by atoms with Gasteiger partial charge in [0, 0.05) is 24.3 Å². The molecule has 1 saturated heterocycles. The van der Waals surface area contributed by atoms with Crippen molar-refractivity contribution < 1.29 is 13.9 Å². The van der Waals surface area contributed by atoms with Gasteiger partial charge >= 0.3 is 0 Å². The molecule has 7 heteroatoms. The number of aromatic nitrogens is 3. The predicted molar refractivity (Wildman–Crippen MR) is 81.5 cm³/mol. The fourth-order valence-electron chi connectivity index (χ4n) is 2.60. The van der Waals surface area contributed by atoms with Crippen LogP contribution in [0.1, 0.15) is 22.0 Å². The van der Waals surface area contributed by atoms with Crippen LogP contribution in [-0.4, -0.2) is 33.9 Å². The molecule has 0 unspecified atom stereocenters. The first-order chi connectivity index (χ1) is 11.2. The lowest BCUT2D eigenvalue weighted by Crippen LogP contribution is -2.31. The van der Waals surface area contributed by atoms with Crippen LogP contribution in [0, 0.1) is 5.82 Å². The molecule has 0 spiro atoms.